The number of anilines is 2. The molecule has 1 aromatic heterocycles. The summed E-state index contributed by atoms with van der Waals surface area (Å²) in [4.78, 5) is 41.3. The van der Waals surface area contributed by atoms with Crippen LogP contribution in [-0.2, 0) is 9.53 Å². The number of hydrogen-bond acceptors (Lipinski definition) is 7. The number of aromatic amines is 1. The molecule has 2 aromatic rings. The minimum Gasteiger partial charge on any atom is -0.462 e. The number of nitrogens with one attached hydrogen (secondary N) is 2. The summed E-state index contributed by atoms with van der Waals surface area (Å²) >= 11 is 1.06. The molecule has 0 aliphatic carbocycles. The van der Waals surface area contributed by atoms with E-state index in [0.717, 1.165) is 24.2 Å². The highest BCUT2D eigenvalue weighted by Crippen LogP contribution is 2.14. The predicted molar refractivity (Wildman–Crippen MR) is 95.6 cm³/mol. The Hall–Kier alpha value is -2.81. The molecule has 9 heteroatoms. The van der Waals surface area contributed by atoms with E-state index in [-0.39, 0.29) is 28.2 Å². The number of amides is 1. The normalized spacial score (nSPS) is 10.3. The average Bonchev–Trinajstić information content (AvgIpc) is 2.58. The molecule has 2 rings (SSSR count). The number of ether oxygens (including phenoxy) is 1. The minimum atomic E-state index is -0.396. The van der Waals surface area contributed by atoms with Crippen molar-refractivity contribution in [3.05, 3.63) is 46.2 Å². The number of benzene rings is 1. The quantitative estimate of drug-likeness (QED) is 0.388. The summed E-state index contributed by atoms with van der Waals surface area (Å²) in [7, 11) is 0. The molecule has 0 aliphatic heterocycles. The minimum absolute atomic E-state index is 0.0483. The number of carbonyl (C=O) groups is 2. The third kappa shape index (κ3) is 5.96. The fraction of sp³-hybridized carbons (Fsp3) is 0.250. The standard InChI is InChI=1S/C16H18N4O4S/c1-2-7-24-15(23)10-3-5-11(6-4-10)18-14(22)9-25-16-19-12(17)8-13(21)20-16/h3-6,8H,2,7,9H2,1H3,(H,18,22)(H3,17,19,20,21). The molecular formula is C16H18N4O4S. The van der Waals surface area contributed by atoms with Crippen LogP contribution in [0.2, 0.25) is 0 Å². The number of nitrogen functional groups attached to an aromatic ring is 1. The zero-order chi connectivity index (χ0) is 18.2. The molecule has 0 saturated heterocycles. The second-order valence-corrected chi connectivity index (χ2v) is 5.99. The molecule has 1 amide bonds. The third-order valence-corrected chi connectivity index (χ3v) is 3.79. The van der Waals surface area contributed by atoms with Crippen molar-refractivity contribution in [2.24, 2.45) is 0 Å². The summed E-state index contributed by atoms with van der Waals surface area (Å²) in [5, 5.41) is 2.96. The Balaban J connectivity index is 1.87. The van der Waals surface area contributed by atoms with E-state index < -0.39 is 5.97 Å². The van der Waals surface area contributed by atoms with Gasteiger partial charge in [0, 0.05) is 11.8 Å². The van der Waals surface area contributed by atoms with Crippen molar-refractivity contribution >= 4 is 35.1 Å². The Morgan fingerprint density at radius 2 is 2.04 bits per heavy atom. The Morgan fingerprint density at radius 3 is 2.68 bits per heavy atom. The lowest BCUT2D eigenvalue weighted by Crippen LogP contribution is -2.16. The molecule has 0 radical (unpaired) electrons. The summed E-state index contributed by atoms with van der Waals surface area (Å²) in [5.74, 6) is -0.535. The van der Waals surface area contributed by atoms with Crippen LogP contribution in [0.4, 0.5) is 11.5 Å². The van der Waals surface area contributed by atoms with Gasteiger partial charge in [-0.2, -0.15) is 0 Å². The molecule has 0 unspecified atom stereocenters. The topological polar surface area (TPSA) is 127 Å². The van der Waals surface area contributed by atoms with E-state index >= 15 is 0 Å². The van der Waals surface area contributed by atoms with Crippen molar-refractivity contribution in [2.75, 3.05) is 23.4 Å². The van der Waals surface area contributed by atoms with Gasteiger partial charge in [0.1, 0.15) is 5.82 Å². The Kier molecular flexibility index (Phi) is 6.58. The predicted octanol–water partition coefficient (Wildman–Crippen LogP) is 1.65. The van der Waals surface area contributed by atoms with Gasteiger partial charge in [0.25, 0.3) is 5.56 Å². The number of rotatable bonds is 7. The number of nitrogens with two attached hydrogens (primary N) is 1. The molecule has 1 aromatic carbocycles. The molecule has 4 N–H and O–H groups in total. The summed E-state index contributed by atoms with van der Waals surface area (Å²) < 4.78 is 5.03. The summed E-state index contributed by atoms with van der Waals surface area (Å²) in [6.45, 7) is 2.29. The van der Waals surface area contributed by atoms with Crippen LogP contribution >= 0.6 is 11.8 Å². The maximum atomic E-state index is 11.9. The van der Waals surface area contributed by atoms with Crippen molar-refractivity contribution in [3.63, 3.8) is 0 Å². The molecule has 132 valence electrons. The molecule has 0 aliphatic rings. The maximum Gasteiger partial charge on any atom is 0.338 e. The number of nitrogens with zero attached hydrogens (tertiary/aromatic N) is 1. The van der Waals surface area contributed by atoms with Crippen molar-refractivity contribution < 1.29 is 14.3 Å². The molecule has 0 fully saturated rings. The molecule has 8 nitrogen and oxygen atoms in total. The first-order chi connectivity index (χ1) is 12.0. The number of aromatic nitrogens is 2. The first-order valence-electron chi connectivity index (χ1n) is 7.54. The SMILES string of the molecule is CCCOC(=O)c1ccc(NC(=O)CSc2nc(N)cc(=O)[nH]2)cc1. The van der Waals surface area contributed by atoms with Crippen LogP contribution in [0.25, 0.3) is 0 Å². The lowest BCUT2D eigenvalue weighted by molar-refractivity contribution is -0.113. The van der Waals surface area contributed by atoms with Crippen molar-refractivity contribution in [1.29, 1.82) is 0 Å². The van der Waals surface area contributed by atoms with Crippen molar-refractivity contribution in [1.82, 2.24) is 9.97 Å². The van der Waals surface area contributed by atoms with Crippen LogP contribution < -0.4 is 16.6 Å². The van der Waals surface area contributed by atoms with Gasteiger partial charge in [-0.3, -0.25) is 9.59 Å². The molecule has 0 atom stereocenters. The molecule has 0 spiro atoms. The molecule has 0 bridgehead atoms. The van der Waals surface area contributed by atoms with Gasteiger partial charge in [-0.1, -0.05) is 18.7 Å². The maximum absolute atomic E-state index is 11.9. The van der Waals surface area contributed by atoms with Crippen molar-refractivity contribution in [3.8, 4) is 0 Å². The molecule has 1 heterocycles. The van der Waals surface area contributed by atoms with Crippen LogP contribution in [0.5, 0.6) is 0 Å². The molecular weight excluding hydrogens is 344 g/mol. The van der Waals surface area contributed by atoms with Crippen LogP contribution in [-0.4, -0.2) is 34.2 Å². The average molecular weight is 362 g/mol. The van der Waals surface area contributed by atoms with Gasteiger partial charge in [0.15, 0.2) is 5.16 Å². The highest BCUT2D eigenvalue weighted by Gasteiger charge is 2.09. The van der Waals surface area contributed by atoms with Gasteiger partial charge < -0.3 is 20.8 Å². The Morgan fingerprint density at radius 1 is 1.32 bits per heavy atom. The third-order valence-electron chi connectivity index (χ3n) is 2.92. The van der Waals surface area contributed by atoms with Gasteiger partial charge in [-0.05, 0) is 30.7 Å². The monoisotopic (exact) mass is 362 g/mol. The smallest absolute Gasteiger partial charge is 0.338 e. The number of hydrogen-bond donors (Lipinski definition) is 3. The van der Waals surface area contributed by atoms with Gasteiger partial charge in [0.2, 0.25) is 5.91 Å². The summed E-state index contributed by atoms with van der Waals surface area (Å²) in [6, 6.07) is 7.56. The van der Waals surface area contributed by atoms with Crippen LogP contribution in [0.1, 0.15) is 23.7 Å². The summed E-state index contributed by atoms with van der Waals surface area (Å²) in [5.41, 5.74) is 6.07. The van der Waals surface area contributed by atoms with Crippen LogP contribution in [0, 0.1) is 0 Å². The lowest BCUT2D eigenvalue weighted by atomic mass is 10.2. The first kappa shape index (κ1) is 18.5. The molecule has 25 heavy (non-hydrogen) atoms. The number of esters is 1. The van der Waals surface area contributed by atoms with E-state index in [2.05, 4.69) is 15.3 Å². The Bertz CT molecular complexity index is 805. The first-order valence-corrected chi connectivity index (χ1v) is 8.53. The fourth-order valence-electron chi connectivity index (χ4n) is 1.82. The van der Waals surface area contributed by atoms with E-state index in [1.807, 2.05) is 6.92 Å². The second-order valence-electron chi connectivity index (χ2n) is 5.03. The van der Waals surface area contributed by atoms with Gasteiger partial charge in [0.05, 0.1) is 17.9 Å². The van der Waals surface area contributed by atoms with Gasteiger partial charge >= 0.3 is 5.97 Å². The highest BCUT2D eigenvalue weighted by atomic mass is 32.2. The van der Waals surface area contributed by atoms with E-state index in [0.29, 0.717) is 17.9 Å². The van der Waals surface area contributed by atoms with E-state index in [1.54, 1.807) is 24.3 Å². The fourth-order valence-corrected chi connectivity index (χ4v) is 2.50. The van der Waals surface area contributed by atoms with Crippen molar-refractivity contribution in [2.45, 2.75) is 18.5 Å². The number of thioether (sulfide) groups is 1. The van der Waals surface area contributed by atoms with E-state index in [1.165, 1.54) is 0 Å². The van der Waals surface area contributed by atoms with Gasteiger partial charge in [-0.25, -0.2) is 9.78 Å². The zero-order valence-corrected chi connectivity index (χ0v) is 14.4. The largest absolute Gasteiger partial charge is 0.462 e. The van der Waals surface area contributed by atoms with E-state index in [4.69, 9.17) is 10.5 Å². The number of carbonyl (C=O) groups excluding carboxylic acids is 2. The van der Waals surface area contributed by atoms with Crippen LogP contribution in [0.3, 0.4) is 0 Å². The zero-order valence-electron chi connectivity index (χ0n) is 13.6. The second kappa shape index (κ2) is 8.88. The summed E-state index contributed by atoms with van der Waals surface area (Å²) in [6.07, 6.45) is 0.755. The number of H-pyrrole nitrogens is 1. The Labute approximate surface area is 148 Å². The van der Waals surface area contributed by atoms with Crippen LogP contribution in [0.15, 0.2) is 40.3 Å². The van der Waals surface area contributed by atoms with Gasteiger partial charge in [-0.15, -0.1) is 0 Å². The molecule has 0 saturated carbocycles. The highest BCUT2D eigenvalue weighted by molar-refractivity contribution is 7.99. The van der Waals surface area contributed by atoms with E-state index in [9.17, 15) is 14.4 Å². The lowest BCUT2D eigenvalue weighted by Gasteiger charge is -2.07.